The quantitative estimate of drug-likeness (QED) is 0.781. The lowest BCUT2D eigenvalue weighted by Gasteiger charge is -2.14. The molecule has 0 saturated heterocycles. The van der Waals surface area contributed by atoms with Gasteiger partial charge < -0.3 is 10.2 Å². The van der Waals surface area contributed by atoms with E-state index in [1.807, 2.05) is 0 Å². The van der Waals surface area contributed by atoms with Crippen LogP contribution in [0.2, 0.25) is 0 Å². The molecule has 1 rings (SSSR count). The Morgan fingerprint density at radius 3 is 2.64 bits per heavy atom. The molecule has 1 heterocycles. The van der Waals surface area contributed by atoms with E-state index in [0.717, 1.165) is 4.31 Å². The molecule has 0 aromatic carbocycles. The minimum atomic E-state index is -3.28. The number of nitrogens with two attached hydrogens (primary N) is 1. The maximum absolute atomic E-state index is 11.4. The molecule has 1 aromatic rings. The summed E-state index contributed by atoms with van der Waals surface area (Å²) < 4.78 is 29.0. The average Bonchev–Trinajstić information content (AvgIpc) is 2.54. The minimum Gasteiger partial charge on any atom is -0.468 e. The SMILES string of the molecule is CN(C)S(=O)(=O)CC(N)c1ccco1. The van der Waals surface area contributed by atoms with E-state index >= 15 is 0 Å². The summed E-state index contributed by atoms with van der Waals surface area (Å²) in [4.78, 5) is 0. The monoisotopic (exact) mass is 218 g/mol. The number of hydrogen-bond donors (Lipinski definition) is 1. The number of hydrogen-bond acceptors (Lipinski definition) is 4. The van der Waals surface area contributed by atoms with Crippen molar-refractivity contribution in [3.05, 3.63) is 24.2 Å². The van der Waals surface area contributed by atoms with Crippen LogP contribution >= 0.6 is 0 Å². The molecule has 5 nitrogen and oxygen atoms in total. The van der Waals surface area contributed by atoms with Crippen LogP contribution in [0.25, 0.3) is 0 Å². The Labute approximate surface area is 83.5 Å². The molecule has 1 aromatic heterocycles. The number of nitrogens with zero attached hydrogens (tertiary/aromatic N) is 1. The summed E-state index contributed by atoms with van der Waals surface area (Å²) in [6.07, 6.45) is 1.47. The van der Waals surface area contributed by atoms with E-state index in [9.17, 15) is 8.42 Å². The lowest BCUT2D eigenvalue weighted by atomic mass is 10.3. The first-order valence-corrected chi connectivity index (χ1v) is 5.73. The van der Waals surface area contributed by atoms with Gasteiger partial charge in [0.1, 0.15) is 5.76 Å². The van der Waals surface area contributed by atoms with Gasteiger partial charge in [-0.25, -0.2) is 12.7 Å². The molecule has 0 bridgehead atoms. The van der Waals surface area contributed by atoms with Crippen molar-refractivity contribution in [3.63, 3.8) is 0 Å². The molecule has 0 saturated carbocycles. The minimum absolute atomic E-state index is 0.145. The molecule has 80 valence electrons. The first-order valence-electron chi connectivity index (χ1n) is 4.12. The summed E-state index contributed by atoms with van der Waals surface area (Å²) in [5.41, 5.74) is 5.66. The number of sulfonamides is 1. The fourth-order valence-corrected chi connectivity index (χ4v) is 1.88. The van der Waals surface area contributed by atoms with Crippen molar-refractivity contribution in [1.82, 2.24) is 4.31 Å². The van der Waals surface area contributed by atoms with Gasteiger partial charge in [0.2, 0.25) is 10.0 Å². The van der Waals surface area contributed by atoms with Gasteiger partial charge >= 0.3 is 0 Å². The van der Waals surface area contributed by atoms with Crippen molar-refractivity contribution >= 4 is 10.0 Å². The maximum Gasteiger partial charge on any atom is 0.215 e. The van der Waals surface area contributed by atoms with Crippen LogP contribution in [-0.4, -0.2) is 32.6 Å². The van der Waals surface area contributed by atoms with Gasteiger partial charge in [0.25, 0.3) is 0 Å². The summed E-state index contributed by atoms with van der Waals surface area (Å²) in [6, 6.07) is 2.73. The van der Waals surface area contributed by atoms with Crippen LogP contribution in [-0.2, 0) is 10.0 Å². The van der Waals surface area contributed by atoms with Crippen LogP contribution in [0.4, 0.5) is 0 Å². The van der Waals surface area contributed by atoms with Gasteiger partial charge in [0, 0.05) is 14.1 Å². The lowest BCUT2D eigenvalue weighted by molar-refractivity contribution is 0.467. The zero-order chi connectivity index (χ0) is 10.8. The molecular weight excluding hydrogens is 204 g/mol. The first-order chi connectivity index (χ1) is 6.43. The summed E-state index contributed by atoms with van der Waals surface area (Å²) in [6.45, 7) is 0. The third kappa shape index (κ3) is 2.57. The van der Waals surface area contributed by atoms with Crippen LogP contribution in [0.3, 0.4) is 0 Å². The van der Waals surface area contributed by atoms with Gasteiger partial charge in [-0.3, -0.25) is 0 Å². The Hall–Kier alpha value is -0.850. The highest BCUT2D eigenvalue weighted by Gasteiger charge is 2.21. The molecule has 0 aliphatic heterocycles. The van der Waals surface area contributed by atoms with Gasteiger partial charge in [-0.2, -0.15) is 0 Å². The third-order valence-corrected chi connectivity index (χ3v) is 3.75. The second-order valence-corrected chi connectivity index (χ2v) is 5.41. The van der Waals surface area contributed by atoms with E-state index in [2.05, 4.69) is 0 Å². The van der Waals surface area contributed by atoms with E-state index in [1.165, 1.54) is 20.4 Å². The summed E-state index contributed by atoms with van der Waals surface area (Å²) in [7, 11) is -0.322. The Kier molecular flexibility index (Phi) is 3.30. The highest BCUT2D eigenvalue weighted by molar-refractivity contribution is 7.89. The van der Waals surface area contributed by atoms with Crippen molar-refractivity contribution in [2.75, 3.05) is 19.8 Å². The zero-order valence-electron chi connectivity index (χ0n) is 8.17. The molecule has 14 heavy (non-hydrogen) atoms. The van der Waals surface area contributed by atoms with Crippen molar-refractivity contribution < 1.29 is 12.8 Å². The van der Waals surface area contributed by atoms with E-state index in [4.69, 9.17) is 10.2 Å². The van der Waals surface area contributed by atoms with Crippen molar-refractivity contribution in [1.29, 1.82) is 0 Å². The number of rotatable bonds is 4. The smallest absolute Gasteiger partial charge is 0.215 e. The fraction of sp³-hybridized carbons (Fsp3) is 0.500. The van der Waals surface area contributed by atoms with Crippen LogP contribution in [0.1, 0.15) is 11.8 Å². The third-order valence-electron chi connectivity index (χ3n) is 1.86. The molecule has 1 atom stereocenters. The van der Waals surface area contributed by atoms with Crippen LogP contribution < -0.4 is 5.73 Å². The average molecular weight is 218 g/mol. The molecule has 0 fully saturated rings. The maximum atomic E-state index is 11.4. The molecule has 0 spiro atoms. The highest BCUT2D eigenvalue weighted by atomic mass is 32.2. The summed E-state index contributed by atoms with van der Waals surface area (Å²) >= 11 is 0. The van der Waals surface area contributed by atoms with E-state index in [0.29, 0.717) is 5.76 Å². The molecule has 0 amide bonds. The Bertz CT molecular complexity index is 369. The van der Waals surface area contributed by atoms with E-state index in [-0.39, 0.29) is 5.75 Å². The fourth-order valence-electron chi connectivity index (χ4n) is 0.960. The molecular formula is C8H14N2O3S. The van der Waals surface area contributed by atoms with Gasteiger partial charge in [0.05, 0.1) is 18.1 Å². The predicted molar refractivity (Wildman–Crippen MR) is 53.1 cm³/mol. The molecule has 0 radical (unpaired) electrons. The van der Waals surface area contributed by atoms with E-state index < -0.39 is 16.1 Å². The Morgan fingerprint density at radius 1 is 1.57 bits per heavy atom. The lowest BCUT2D eigenvalue weighted by Crippen LogP contribution is -2.31. The largest absolute Gasteiger partial charge is 0.468 e. The van der Waals surface area contributed by atoms with Gasteiger partial charge in [-0.05, 0) is 12.1 Å². The van der Waals surface area contributed by atoms with Crippen LogP contribution in [0.5, 0.6) is 0 Å². The molecule has 0 aliphatic rings. The van der Waals surface area contributed by atoms with Gasteiger partial charge in [-0.1, -0.05) is 0 Å². The van der Waals surface area contributed by atoms with Crippen molar-refractivity contribution in [2.45, 2.75) is 6.04 Å². The topological polar surface area (TPSA) is 76.5 Å². The standard InChI is InChI=1S/C8H14N2O3S/c1-10(2)14(11,12)6-7(9)8-4-3-5-13-8/h3-5,7H,6,9H2,1-2H3. The van der Waals surface area contributed by atoms with Gasteiger partial charge in [-0.15, -0.1) is 0 Å². The van der Waals surface area contributed by atoms with Crippen LogP contribution in [0, 0.1) is 0 Å². The second kappa shape index (κ2) is 4.12. The molecule has 1 unspecified atom stereocenters. The van der Waals surface area contributed by atoms with Gasteiger partial charge in [0.15, 0.2) is 0 Å². The Balaban J connectivity index is 2.71. The molecule has 6 heteroatoms. The zero-order valence-corrected chi connectivity index (χ0v) is 8.99. The Morgan fingerprint density at radius 2 is 2.21 bits per heavy atom. The number of furan rings is 1. The predicted octanol–water partition coefficient (Wildman–Crippen LogP) is 0.171. The van der Waals surface area contributed by atoms with E-state index in [1.54, 1.807) is 12.1 Å². The van der Waals surface area contributed by atoms with Crippen molar-refractivity contribution in [3.8, 4) is 0 Å². The molecule has 2 N–H and O–H groups in total. The normalized spacial score (nSPS) is 14.6. The van der Waals surface area contributed by atoms with Crippen LogP contribution in [0.15, 0.2) is 22.8 Å². The second-order valence-electron chi connectivity index (χ2n) is 3.18. The summed E-state index contributed by atoms with van der Waals surface area (Å²) in [5, 5.41) is 0. The van der Waals surface area contributed by atoms with Crippen molar-refractivity contribution in [2.24, 2.45) is 5.73 Å². The molecule has 0 aliphatic carbocycles. The summed E-state index contributed by atoms with van der Waals surface area (Å²) in [5.74, 6) is 0.337. The highest BCUT2D eigenvalue weighted by Crippen LogP contribution is 2.13. The first kappa shape index (κ1) is 11.2.